The Bertz CT molecular complexity index is 442. The molecular weight excluding hydrogens is 248 g/mol. The first-order chi connectivity index (χ1) is 9.55. The van der Waals surface area contributed by atoms with Crippen molar-refractivity contribution in [1.29, 1.82) is 0 Å². The van der Waals surface area contributed by atoms with Crippen molar-refractivity contribution in [2.45, 2.75) is 65.3 Å². The van der Waals surface area contributed by atoms with E-state index in [-0.39, 0.29) is 0 Å². The zero-order chi connectivity index (χ0) is 14.6. The van der Waals surface area contributed by atoms with Gasteiger partial charge in [0, 0.05) is 25.6 Å². The van der Waals surface area contributed by atoms with E-state index in [1.165, 1.54) is 25.7 Å². The van der Waals surface area contributed by atoms with Crippen LogP contribution >= 0.6 is 0 Å². The highest BCUT2D eigenvalue weighted by Crippen LogP contribution is 2.37. The highest BCUT2D eigenvalue weighted by atomic mass is 15.1. The van der Waals surface area contributed by atoms with Crippen LogP contribution in [0.25, 0.3) is 0 Å². The minimum Gasteiger partial charge on any atom is -0.373 e. The highest BCUT2D eigenvalue weighted by Gasteiger charge is 2.32. The predicted molar refractivity (Wildman–Crippen MR) is 85.2 cm³/mol. The first kappa shape index (κ1) is 15.1. The van der Waals surface area contributed by atoms with E-state index in [0.29, 0.717) is 11.5 Å². The number of hydrogen-bond acceptors (Lipinski definition) is 4. The summed E-state index contributed by atoms with van der Waals surface area (Å²) in [7, 11) is 1.91. The number of rotatable bonds is 5. The highest BCUT2D eigenvalue weighted by molar-refractivity contribution is 5.48. The maximum absolute atomic E-state index is 4.67. The van der Waals surface area contributed by atoms with E-state index in [1.807, 2.05) is 13.1 Å². The molecule has 0 radical (unpaired) electrons. The van der Waals surface area contributed by atoms with Crippen LogP contribution in [-0.4, -0.2) is 23.1 Å². The van der Waals surface area contributed by atoms with E-state index < -0.39 is 0 Å². The van der Waals surface area contributed by atoms with Crippen molar-refractivity contribution in [1.82, 2.24) is 9.97 Å². The smallest absolute Gasteiger partial charge is 0.133 e. The fraction of sp³-hybridized carbons (Fsp3) is 0.750. The number of nitrogens with one attached hydrogen (secondary N) is 2. The van der Waals surface area contributed by atoms with Crippen LogP contribution in [0, 0.1) is 5.41 Å². The molecule has 1 aromatic rings. The van der Waals surface area contributed by atoms with Gasteiger partial charge in [-0.3, -0.25) is 0 Å². The second-order valence-corrected chi connectivity index (χ2v) is 6.49. The Morgan fingerprint density at radius 1 is 1.25 bits per heavy atom. The maximum atomic E-state index is 4.67. The Hall–Kier alpha value is -1.32. The lowest BCUT2D eigenvalue weighted by Gasteiger charge is -2.39. The van der Waals surface area contributed by atoms with Crippen LogP contribution in [0.1, 0.15) is 58.7 Å². The van der Waals surface area contributed by atoms with Crippen LogP contribution in [0.2, 0.25) is 0 Å². The van der Waals surface area contributed by atoms with Crippen molar-refractivity contribution < 1.29 is 0 Å². The van der Waals surface area contributed by atoms with Gasteiger partial charge >= 0.3 is 0 Å². The molecular formula is C16H28N4. The standard InChI is InChI=1S/C16H28N4/c1-5-8-13-19-14(17-4)11-15(20-13)18-12-9-6-7-10-16(12,2)3/h11-12H,5-10H2,1-4H3,(H2,17,18,19,20). The van der Waals surface area contributed by atoms with E-state index >= 15 is 0 Å². The first-order valence-electron chi connectivity index (χ1n) is 7.87. The molecule has 1 saturated carbocycles. The van der Waals surface area contributed by atoms with E-state index in [0.717, 1.165) is 30.3 Å². The van der Waals surface area contributed by atoms with Crippen LogP contribution in [0.5, 0.6) is 0 Å². The fourth-order valence-electron chi connectivity index (χ4n) is 2.97. The van der Waals surface area contributed by atoms with Crippen LogP contribution in [0.15, 0.2) is 6.07 Å². The third-order valence-corrected chi connectivity index (χ3v) is 4.33. The van der Waals surface area contributed by atoms with Gasteiger partial charge in [-0.15, -0.1) is 0 Å². The van der Waals surface area contributed by atoms with Crippen molar-refractivity contribution in [3.05, 3.63) is 11.9 Å². The second-order valence-electron chi connectivity index (χ2n) is 6.49. The lowest BCUT2D eigenvalue weighted by atomic mass is 9.73. The molecule has 1 fully saturated rings. The predicted octanol–water partition coefficient (Wildman–Crippen LogP) is 3.85. The number of anilines is 2. The fourth-order valence-corrected chi connectivity index (χ4v) is 2.97. The van der Waals surface area contributed by atoms with Crippen LogP contribution < -0.4 is 10.6 Å². The summed E-state index contributed by atoms with van der Waals surface area (Å²) < 4.78 is 0. The van der Waals surface area contributed by atoms with Gasteiger partial charge < -0.3 is 10.6 Å². The SMILES string of the molecule is CCCc1nc(NC)cc(NC2CCCCC2(C)C)n1. The maximum Gasteiger partial charge on any atom is 0.133 e. The summed E-state index contributed by atoms with van der Waals surface area (Å²) in [4.78, 5) is 9.18. The average Bonchev–Trinajstić information content (AvgIpc) is 2.41. The van der Waals surface area contributed by atoms with Gasteiger partial charge in [-0.1, -0.05) is 33.6 Å². The van der Waals surface area contributed by atoms with Gasteiger partial charge in [-0.25, -0.2) is 9.97 Å². The first-order valence-corrected chi connectivity index (χ1v) is 7.87. The molecule has 0 saturated heterocycles. The molecule has 4 nitrogen and oxygen atoms in total. The summed E-state index contributed by atoms with van der Waals surface area (Å²) in [6, 6.07) is 2.52. The Labute approximate surface area is 122 Å². The van der Waals surface area contributed by atoms with E-state index in [2.05, 4.69) is 41.4 Å². The minimum atomic E-state index is 0.341. The summed E-state index contributed by atoms with van der Waals surface area (Å²) >= 11 is 0. The van der Waals surface area contributed by atoms with Crippen molar-refractivity contribution >= 4 is 11.6 Å². The van der Waals surface area contributed by atoms with Crippen LogP contribution in [0.4, 0.5) is 11.6 Å². The molecule has 2 N–H and O–H groups in total. The van der Waals surface area contributed by atoms with Crippen molar-refractivity contribution in [3.8, 4) is 0 Å². The molecule has 112 valence electrons. The van der Waals surface area contributed by atoms with Crippen molar-refractivity contribution in [3.63, 3.8) is 0 Å². The van der Waals surface area contributed by atoms with Gasteiger partial charge in [0.05, 0.1) is 0 Å². The summed E-state index contributed by atoms with van der Waals surface area (Å²) in [5.74, 6) is 2.79. The molecule has 2 rings (SSSR count). The number of nitrogens with zero attached hydrogens (tertiary/aromatic N) is 2. The summed E-state index contributed by atoms with van der Waals surface area (Å²) in [5, 5.41) is 6.79. The van der Waals surface area contributed by atoms with Gasteiger partial charge in [-0.2, -0.15) is 0 Å². The number of aromatic nitrogens is 2. The molecule has 1 aliphatic rings. The summed E-state index contributed by atoms with van der Waals surface area (Å²) in [5.41, 5.74) is 0.341. The molecule has 1 heterocycles. The Morgan fingerprint density at radius 2 is 2.00 bits per heavy atom. The van der Waals surface area contributed by atoms with E-state index in [9.17, 15) is 0 Å². The average molecular weight is 276 g/mol. The van der Waals surface area contributed by atoms with Crippen molar-refractivity contribution in [2.75, 3.05) is 17.7 Å². The molecule has 4 heteroatoms. The molecule has 20 heavy (non-hydrogen) atoms. The molecule has 0 aromatic carbocycles. The number of aryl methyl sites for hydroxylation is 1. The lowest BCUT2D eigenvalue weighted by molar-refractivity contribution is 0.216. The molecule has 1 unspecified atom stereocenters. The normalized spacial score (nSPS) is 21.5. The van der Waals surface area contributed by atoms with Gasteiger partial charge in [0.15, 0.2) is 0 Å². The monoisotopic (exact) mass is 276 g/mol. The van der Waals surface area contributed by atoms with Gasteiger partial charge in [-0.05, 0) is 24.7 Å². The quantitative estimate of drug-likeness (QED) is 0.857. The topological polar surface area (TPSA) is 49.8 Å². The number of hydrogen-bond donors (Lipinski definition) is 2. The molecule has 0 aliphatic heterocycles. The zero-order valence-corrected chi connectivity index (χ0v) is 13.3. The molecule has 0 amide bonds. The van der Waals surface area contributed by atoms with Crippen LogP contribution in [-0.2, 0) is 6.42 Å². The minimum absolute atomic E-state index is 0.341. The Morgan fingerprint density at radius 3 is 2.65 bits per heavy atom. The zero-order valence-electron chi connectivity index (χ0n) is 13.3. The molecule has 0 bridgehead atoms. The molecule has 1 aromatic heterocycles. The molecule has 0 spiro atoms. The Balaban J connectivity index is 2.17. The third-order valence-electron chi connectivity index (χ3n) is 4.33. The van der Waals surface area contributed by atoms with Crippen molar-refractivity contribution in [2.24, 2.45) is 5.41 Å². The van der Waals surface area contributed by atoms with Crippen LogP contribution in [0.3, 0.4) is 0 Å². The van der Waals surface area contributed by atoms with E-state index in [4.69, 9.17) is 0 Å². The second kappa shape index (κ2) is 6.42. The Kier molecular flexibility index (Phi) is 4.84. The largest absolute Gasteiger partial charge is 0.373 e. The third kappa shape index (κ3) is 3.62. The summed E-state index contributed by atoms with van der Waals surface area (Å²) in [6.45, 7) is 6.88. The van der Waals surface area contributed by atoms with Gasteiger partial charge in [0.25, 0.3) is 0 Å². The van der Waals surface area contributed by atoms with E-state index in [1.54, 1.807) is 0 Å². The summed E-state index contributed by atoms with van der Waals surface area (Å²) in [6.07, 6.45) is 7.18. The van der Waals surface area contributed by atoms with Gasteiger partial charge in [0.2, 0.25) is 0 Å². The van der Waals surface area contributed by atoms with Gasteiger partial charge in [0.1, 0.15) is 17.5 Å². The lowest BCUT2D eigenvalue weighted by Crippen LogP contribution is -2.39. The molecule has 1 aliphatic carbocycles. The molecule has 1 atom stereocenters.